The molecule has 2 rings (SSSR count). The van der Waals surface area contributed by atoms with Crippen LogP contribution in [0.2, 0.25) is 0 Å². The molecule has 1 fully saturated rings. The predicted molar refractivity (Wildman–Crippen MR) is 54.3 cm³/mol. The Balaban J connectivity index is 2.02. The van der Waals surface area contributed by atoms with Gasteiger partial charge >= 0.3 is 0 Å². The van der Waals surface area contributed by atoms with Crippen molar-refractivity contribution in [3.05, 3.63) is 23.5 Å². The van der Waals surface area contributed by atoms with Crippen LogP contribution in [0.5, 0.6) is 0 Å². The second-order valence-corrected chi connectivity index (χ2v) is 3.57. The number of nitrogens with zero attached hydrogens (tertiary/aromatic N) is 1. The molecule has 0 radical (unpaired) electrons. The highest BCUT2D eigenvalue weighted by Crippen LogP contribution is 2.11. The molecule has 0 amide bonds. The standard InChI is InChI=1S/C10H17N3/c1-9-8-10(2-3-12-9)13-6-4-11-5-7-13/h2,8,11-12H,3-7H2,1H3. The summed E-state index contributed by atoms with van der Waals surface area (Å²) in [5.74, 6) is 0. The van der Waals surface area contributed by atoms with Crippen molar-refractivity contribution in [3.63, 3.8) is 0 Å². The highest BCUT2D eigenvalue weighted by molar-refractivity contribution is 5.25. The minimum atomic E-state index is 0.974. The van der Waals surface area contributed by atoms with Crippen LogP contribution in [0.15, 0.2) is 23.5 Å². The number of nitrogens with one attached hydrogen (secondary N) is 2. The van der Waals surface area contributed by atoms with Crippen LogP contribution in [0, 0.1) is 0 Å². The van der Waals surface area contributed by atoms with E-state index in [1.54, 1.807) is 0 Å². The zero-order valence-electron chi connectivity index (χ0n) is 8.14. The van der Waals surface area contributed by atoms with E-state index in [9.17, 15) is 0 Å². The Kier molecular flexibility index (Phi) is 2.54. The van der Waals surface area contributed by atoms with E-state index in [2.05, 4.69) is 34.6 Å². The molecule has 3 heteroatoms. The van der Waals surface area contributed by atoms with Gasteiger partial charge in [-0.25, -0.2) is 0 Å². The first-order valence-corrected chi connectivity index (χ1v) is 4.94. The molecule has 72 valence electrons. The topological polar surface area (TPSA) is 27.3 Å². The summed E-state index contributed by atoms with van der Waals surface area (Å²) in [6.45, 7) is 7.58. The van der Waals surface area contributed by atoms with Crippen LogP contribution < -0.4 is 10.6 Å². The maximum atomic E-state index is 3.36. The molecule has 0 bridgehead atoms. The number of hydrogen-bond donors (Lipinski definition) is 2. The Morgan fingerprint density at radius 2 is 2.08 bits per heavy atom. The third-order valence-electron chi connectivity index (χ3n) is 2.54. The highest BCUT2D eigenvalue weighted by atomic mass is 15.2. The van der Waals surface area contributed by atoms with Gasteiger partial charge in [0, 0.05) is 44.1 Å². The zero-order chi connectivity index (χ0) is 9.10. The third-order valence-corrected chi connectivity index (χ3v) is 2.54. The summed E-state index contributed by atoms with van der Waals surface area (Å²) >= 11 is 0. The Morgan fingerprint density at radius 1 is 1.31 bits per heavy atom. The number of allylic oxidation sites excluding steroid dienone is 2. The Hall–Kier alpha value is -0.960. The molecule has 2 aliphatic rings. The number of piperazine rings is 1. The predicted octanol–water partition coefficient (Wildman–Crippen LogP) is 0.283. The van der Waals surface area contributed by atoms with E-state index in [0.717, 1.165) is 32.7 Å². The molecule has 0 aliphatic carbocycles. The molecule has 3 nitrogen and oxygen atoms in total. The lowest BCUT2D eigenvalue weighted by Gasteiger charge is -2.32. The van der Waals surface area contributed by atoms with Gasteiger partial charge < -0.3 is 15.5 Å². The minimum absolute atomic E-state index is 0.974. The molecule has 0 spiro atoms. The lowest BCUT2D eigenvalue weighted by molar-refractivity contribution is 0.305. The Labute approximate surface area is 79.5 Å². The van der Waals surface area contributed by atoms with Crippen LogP contribution in [0.25, 0.3) is 0 Å². The molecule has 0 unspecified atom stereocenters. The first kappa shape index (κ1) is 8.63. The number of dihydropyridines is 1. The summed E-state index contributed by atoms with van der Waals surface area (Å²) < 4.78 is 0. The van der Waals surface area contributed by atoms with Gasteiger partial charge in [-0.2, -0.15) is 0 Å². The van der Waals surface area contributed by atoms with Gasteiger partial charge in [0.25, 0.3) is 0 Å². The van der Waals surface area contributed by atoms with E-state index in [1.165, 1.54) is 11.4 Å². The maximum Gasteiger partial charge on any atom is 0.0361 e. The van der Waals surface area contributed by atoms with Crippen molar-refractivity contribution < 1.29 is 0 Å². The number of hydrogen-bond acceptors (Lipinski definition) is 3. The van der Waals surface area contributed by atoms with E-state index in [4.69, 9.17) is 0 Å². The van der Waals surface area contributed by atoms with Gasteiger partial charge in [0.05, 0.1) is 0 Å². The molecule has 2 N–H and O–H groups in total. The molecule has 2 heterocycles. The second-order valence-electron chi connectivity index (χ2n) is 3.57. The molecule has 2 aliphatic heterocycles. The Morgan fingerprint density at radius 3 is 2.77 bits per heavy atom. The second kappa shape index (κ2) is 3.83. The average Bonchev–Trinajstić information content (AvgIpc) is 2.19. The lowest BCUT2D eigenvalue weighted by atomic mass is 10.2. The molecule has 0 aromatic carbocycles. The molecule has 13 heavy (non-hydrogen) atoms. The fourth-order valence-corrected chi connectivity index (χ4v) is 1.79. The van der Waals surface area contributed by atoms with E-state index >= 15 is 0 Å². The van der Waals surface area contributed by atoms with E-state index in [-0.39, 0.29) is 0 Å². The number of rotatable bonds is 1. The van der Waals surface area contributed by atoms with Crippen LogP contribution in [0.1, 0.15) is 6.92 Å². The van der Waals surface area contributed by atoms with Crippen molar-refractivity contribution >= 4 is 0 Å². The molecular formula is C10H17N3. The molecule has 0 saturated carbocycles. The molecule has 0 aromatic rings. The summed E-state index contributed by atoms with van der Waals surface area (Å²) in [6, 6.07) is 0. The van der Waals surface area contributed by atoms with Gasteiger partial charge in [0.15, 0.2) is 0 Å². The van der Waals surface area contributed by atoms with E-state index in [1.807, 2.05) is 0 Å². The first-order chi connectivity index (χ1) is 6.36. The lowest BCUT2D eigenvalue weighted by Crippen LogP contribution is -2.43. The monoisotopic (exact) mass is 179 g/mol. The van der Waals surface area contributed by atoms with Gasteiger partial charge in [-0.05, 0) is 19.1 Å². The summed E-state index contributed by atoms with van der Waals surface area (Å²) in [4.78, 5) is 2.45. The van der Waals surface area contributed by atoms with Gasteiger partial charge in [-0.15, -0.1) is 0 Å². The van der Waals surface area contributed by atoms with Crippen molar-refractivity contribution in [2.24, 2.45) is 0 Å². The van der Waals surface area contributed by atoms with Gasteiger partial charge in [-0.3, -0.25) is 0 Å². The molecule has 0 atom stereocenters. The summed E-state index contributed by atoms with van der Waals surface area (Å²) in [5.41, 5.74) is 2.66. The zero-order valence-corrected chi connectivity index (χ0v) is 8.14. The third kappa shape index (κ3) is 2.04. The molecule has 0 aromatic heterocycles. The quantitative estimate of drug-likeness (QED) is 0.605. The fraction of sp³-hybridized carbons (Fsp3) is 0.600. The smallest absolute Gasteiger partial charge is 0.0361 e. The minimum Gasteiger partial charge on any atom is -0.385 e. The molecule has 1 saturated heterocycles. The van der Waals surface area contributed by atoms with Gasteiger partial charge in [-0.1, -0.05) is 0 Å². The van der Waals surface area contributed by atoms with Crippen molar-refractivity contribution in [1.29, 1.82) is 0 Å². The van der Waals surface area contributed by atoms with Crippen molar-refractivity contribution in [1.82, 2.24) is 15.5 Å². The van der Waals surface area contributed by atoms with Gasteiger partial charge in [0.1, 0.15) is 0 Å². The van der Waals surface area contributed by atoms with Crippen LogP contribution >= 0.6 is 0 Å². The van der Waals surface area contributed by atoms with Crippen molar-refractivity contribution in [3.8, 4) is 0 Å². The maximum absolute atomic E-state index is 3.36. The fourth-order valence-electron chi connectivity index (χ4n) is 1.79. The van der Waals surface area contributed by atoms with E-state index in [0.29, 0.717) is 0 Å². The largest absolute Gasteiger partial charge is 0.385 e. The summed E-state index contributed by atoms with van der Waals surface area (Å²) in [5, 5.41) is 6.65. The van der Waals surface area contributed by atoms with Crippen LogP contribution in [-0.2, 0) is 0 Å². The van der Waals surface area contributed by atoms with E-state index < -0.39 is 0 Å². The van der Waals surface area contributed by atoms with Gasteiger partial charge in [0.2, 0.25) is 0 Å². The van der Waals surface area contributed by atoms with Crippen LogP contribution in [0.3, 0.4) is 0 Å². The van der Waals surface area contributed by atoms with Crippen LogP contribution in [-0.4, -0.2) is 37.6 Å². The Bertz CT molecular complexity index is 237. The average molecular weight is 179 g/mol. The highest BCUT2D eigenvalue weighted by Gasteiger charge is 2.12. The van der Waals surface area contributed by atoms with Crippen molar-refractivity contribution in [2.45, 2.75) is 6.92 Å². The molecular weight excluding hydrogens is 162 g/mol. The normalized spacial score (nSPS) is 23.3. The summed E-state index contributed by atoms with van der Waals surface area (Å²) in [7, 11) is 0. The summed E-state index contributed by atoms with van der Waals surface area (Å²) in [6.07, 6.45) is 4.49. The van der Waals surface area contributed by atoms with Crippen LogP contribution in [0.4, 0.5) is 0 Å². The SMILES string of the molecule is CC1=CC(N2CCNCC2)=CCN1. The first-order valence-electron chi connectivity index (χ1n) is 4.94. The van der Waals surface area contributed by atoms with Crippen molar-refractivity contribution in [2.75, 3.05) is 32.7 Å².